The van der Waals surface area contributed by atoms with Crippen LogP contribution >= 0.6 is 11.6 Å². The van der Waals surface area contributed by atoms with Crippen molar-refractivity contribution in [1.82, 2.24) is 5.32 Å². The van der Waals surface area contributed by atoms with Gasteiger partial charge < -0.3 is 10.6 Å². The van der Waals surface area contributed by atoms with Gasteiger partial charge in [0.15, 0.2) is 0 Å². The van der Waals surface area contributed by atoms with E-state index in [1.807, 2.05) is 12.1 Å². The summed E-state index contributed by atoms with van der Waals surface area (Å²) in [6.07, 6.45) is 6.62. The van der Waals surface area contributed by atoms with Gasteiger partial charge >= 0.3 is 0 Å². The molecule has 1 saturated heterocycles. The van der Waals surface area contributed by atoms with E-state index in [0.29, 0.717) is 12.1 Å². The fourth-order valence-electron chi connectivity index (χ4n) is 3.73. The minimum Gasteiger partial charge on any atom is -0.381 e. The lowest BCUT2D eigenvalue weighted by Crippen LogP contribution is -2.38. The molecule has 1 aliphatic heterocycles. The zero-order valence-corrected chi connectivity index (χ0v) is 12.3. The summed E-state index contributed by atoms with van der Waals surface area (Å²) in [5.41, 5.74) is 2.39. The van der Waals surface area contributed by atoms with E-state index in [9.17, 15) is 0 Å². The van der Waals surface area contributed by atoms with Gasteiger partial charge in [-0.3, -0.25) is 0 Å². The topological polar surface area (TPSA) is 24.1 Å². The fraction of sp³-hybridized carbons (Fsp3) is 0.625. The predicted octanol–water partition coefficient (Wildman–Crippen LogP) is 3.98. The second kappa shape index (κ2) is 5.72. The lowest BCUT2D eigenvalue weighted by atomic mass is 9.93. The van der Waals surface area contributed by atoms with Crippen LogP contribution in [0, 0.1) is 12.8 Å². The average molecular weight is 279 g/mol. The largest absolute Gasteiger partial charge is 0.381 e. The second-order valence-corrected chi connectivity index (χ2v) is 6.39. The fourth-order valence-corrected chi connectivity index (χ4v) is 4.00. The van der Waals surface area contributed by atoms with E-state index < -0.39 is 0 Å². The highest BCUT2D eigenvalue weighted by atomic mass is 35.5. The Hall–Kier alpha value is -0.730. The van der Waals surface area contributed by atoms with Crippen molar-refractivity contribution in [2.24, 2.45) is 5.92 Å². The van der Waals surface area contributed by atoms with E-state index in [4.69, 9.17) is 11.6 Å². The summed E-state index contributed by atoms with van der Waals surface area (Å²) in [6.45, 7) is 3.32. The van der Waals surface area contributed by atoms with E-state index in [1.165, 1.54) is 44.2 Å². The Balaban J connectivity index is 1.74. The number of nitrogens with one attached hydrogen (secondary N) is 2. The first-order chi connectivity index (χ1) is 9.25. The van der Waals surface area contributed by atoms with Crippen molar-refractivity contribution >= 4 is 17.3 Å². The first-order valence-electron chi connectivity index (χ1n) is 7.51. The van der Waals surface area contributed by atoms with Crippen molar-refractivity contribution < 1.29 is 0 Å². The molecule has 3 atom stereocenters. The van der Waals surface area contributed by atoms with Crippen LogP contribution in [0.1, 0.15) is 37.7 Å². The first kappa shape index (κ1) is 13.3. The van der Waals surface area contributed by atoms with Gasteiger partial charge in [0.2, 0.25) is 0 Å². The molecule has 1 aromatic carbocycles. The molecule has 3 rings (SSSR count). The van der Waals surface area contributed by atoms with Crippen LogP contribution in [0.5, 0.6) is 0 Å². The molecule has 3 heteroatoms. The normalized spacial score (nSPS) is 30.7. The number of hydrogen-bond acceptors (Lipinski definition) is 2. The van der Waals surface area contributed by atoms with Crippen molar-refractivity contribution in [1.29, 1.82) is 0 Å². The van der Waals surface area contributed by atoms with Crippen LogP contribution in [0.2, 0.25) is 5.02 Å². The molecular formula is C16H23ClN2. The van der Waals surface area contributed by atoms with Crippen molar-refractivity contribution in [3.63, 3.8) is 0 Å². The zero-order valence-electron chi connectivity index (χ0n) is 11.6. The molecular weight excluding hydrogens is 256 g/mol. The molecule has 0 bridgehead atoms. The second-order valence-electron chi connectivity index (χ2n) is 5.98. The molecule has 2 fully saturated rings. The van der Waals surface area contributed by atoms with E-state index in [-0.39, 0.29) is 0 Å². The van der Waals surface area contributed by atoms with Crippen LogP contribution in [0.4, 0.5) is 5.69 Å². The lowest BCUT2D eigenvalue weighted by molar-refractivity contribution is 0.376. The highest BCUT2D eigenvalue weighted by Crippen LogP contribution is 2.36. The minimum atomic E-state index is 0.578. The predicted molar refractivity (Wildman–Crippen MR) is 82.0 cm³/mol. The smallest absolute Gasteiger partial charge is 0.0640 e. The molecule has 104 valence electrons. The molecule has 0 aromatic heterocycles. The Morgan fingerprint density at radius 2 is 2.11 bits per heavy atom. The molecule has 0 spiro atoms. The highest BCUT2D eigenvalue weighted by molar-refractivity contribution is 6.33. The molecule has 1 aliphatic carbocycles. The van der Waals surface area contributed by atoms with Gasteiger partial charge in [-0.2, -0.15) is 0 Å². The molecule has 19 heavy (non-hydrogen) atoms. The summed E-state index contributed by atoms with van der Waals surface area (Å²) in [7, 11) is 0. The van der Waals surface area contributed by atoms with Crippen molar-refractivity contribution in [2.45, 2.75) is 51.1 Å². The maximum Gasteiger partial charge on any atom is 0.0640 e. The lowest BCUT2D eigenvalue weighted by Gasteiger charge is -2.28. The molecule has 2 N–H and O–H groups in total. The van der Waals surface area contributed by atoms with Gasteiger partial charge in [0.05, 0.1) is 10.7 Å². The number of para-hydroxylation sites is 1. The van der Waals surface area contributed by atoms with Gasteiger partial charge in [-0.05, 0) is 56.7 Å². The van der Waals surface area contributed by atoms with Gasteiger partial charge in [0, 0.05) is 12.1 Å². The molecule has 1 heterocycles. The molecule has 1 aromatic rings. The van der Waals surface area contributed by atoms with Gasteiger partial charge in [-0.1, -0.05) is 30.2 Å². The van der Waals surface area contributed by atoms with Crippen LogP contribution < -0.4 is 10.6 Å². The highest BCUT2D eigenvalue weighted by Gasteiger charge is 2.35. The Morgan fingerprint density at radius 1 is 1.21 bits per heavy atom. The van der Waals surface area contributed by atoms with Crippen molar-refractivity contribution in [2.75, 3.05) is 11.9 Å². The molecule has 2 nitrogen and oxygen atoms in total. The SMILES string of the molecule is Cc1cccc(Cl)c1NC1CCCC1C1CCCN1. The van der Waals surface area contributed by atoms with E-state index in [0.717, 1.165) is 16.6 Å². The van der Waals surface area contributed by atoms with Gasteiger partial charge in [-0.25, -0.2) is 0 Å². The Kier molecular flexibility index (Phi) is 3.99. The Bertz CT molecular complexity index is 420. The summed E-state index contributed by atoms with van der Waals surface area (Å²) in [4.78, 5) is 0. The standard InChI is InChI=1S/C16H23ClN2/c1-11-5-2-7-13(17)16(11)19-15-8-3-6-12(15)14-9-4-10-18-14/h2,5,7,12,14-15,18-19H,3-4,6,8-10H2,1H3. The molecule has 1 saturated carbocycles. The third-order valence-electron chi connectivity index (χ3n) is 4.74. The number of anilines is 1. The maximum absolute atomic E-state index is 6.34. The number of halogens is 1. The monoisotopic (exact) mass is 278 g/mol. The van der Waals surface area contributed by atoms with Crippen molar-refractivity contribution in [3.8, 4) is 0 Å². The summed E-state index contributed by atoms with van der Waals surface area (Å²) in [6, 6.07) is 7.42. The third kappa shape index (κ3) is 2.75. The summed E-state index contributed by atoms with van der Waals surface area (Å²) >= 11 is 6.34. The molecule has 0 radical (unpaired) electrons. The van der Waals surface area contributed by atoms with Gasteiger partial charge in [0.1, 0.15) is 0 Å². The average Bonchev–Trinajstić information content (AvgIpc) is 3.04. The number of hydrogen-bond donors (Lipinski definition) is 2. The molecule has 3 unspecified atom stereocenters. The third-order valence-corrected chi connectivity index (χ3v) is 5.05. The quantitative estimate of drug-likeness (QED) is 0.874. The van der Waals surface area contributed by atoms with E-state index in [2.05, 4.69) is 23.6 Å². The summed E-state index contributed by atoms with van der Waals surface area (Å²) in [5.74, 6) is 0.762. The summed E-state index contributed by atoms with van der Waals surface area (Å²) < 4.78 is 0. The Labute approximate surface area is 120 Å². The van der Waals surface area contributed by atoms with Crippen LogP contribution in [0.25, 0.3) is 0 Å². The zero-order chi connectivity index (χ0) is 13.2. The number of benzene rings is 1. The number of aryl methyl sites for hydroxylation is 1. The minimum absolute atomic E-state index is 0.578. The summed E-state index contributed by atoms with van der Waals surface area (Å²) in [5, 5.41) is 8.25. The van der Waals surface area contributed by atoms with Crippen molar-refractivity contribution in [3.05, 3.63) is 28.8 Å². The first-order valence-corrected chi connectivity index (χ1v) is 7.88. The van der Waals surface area contributed by atoms with Crippen LogP contribution in [-0.2, 0) is 0 Å². The molecule has 0 amide bonds. The van der Waals surface area contributed by atoms with Crippen LogP contribution in [0.15, 0.2) is 18.2 Å². The Morgan fingerprint density at radius 3 is 2.84 bits per heavy atom. The maximum atomic E-state index is 6.34. The van der Waals surface area contributed by atoms with Crippen LogP contribution in [-0.4, -0.2) is 18.6 Å². The van der Waals surface area contributed by atoms with Crippen LogP contribution in [0.3, 0.4) is 0 Å². The van der Waals surface area contributed by atoms with Gasteiger partial charge in [0.25, 0.3) is 0 Å². The molecule has 2 aliphatic rings. The van der Waals surface area contributed by atoms with E-state index >= 15 is 0 Å². The number of rotatable bonds is 3. The van der Waals surface area contributed by atoms with E-state index in [1.54, 1.807) is 0 Å². The van der Waals surface area contributed by atoms with Gasteiger partial charge in [-0.15, -0.1) is 0 Å².